The summed E-state index contributed by atoms with van der Waals surface area (Å²) in [7, 11) is 0. The van der Waals surface area contributed by atoms with E-state index in [1.807, 2.05) is 10.8 Å². The van der Waals surface area contributed by atoms with E-state index in [2.05, 4.69) is 27.2 Å². The number of rotatable bonds is 7. The first-order valence-corrected chi connectivity index (χ1v) is 8.95. The van der Waals surface area contributed by atoms with Crippen LogP contribution in [0, 0.1) is 0 Å². The third-order valence-electron chi connectivity index (χ3n) is 4.38. The zero-order chi connectivity index (χ0) is 17.5. The Bertz CT molecular complexity index is 677. The number of amides is 1. The van der Waals surface area contributed by atoms with Gasteiger partial charge in [0.05, 0.1) is 0 Å². The van der Waals surface area contributed by atoms with Gasteiger partial charge in [-0.15, -0.1) is 0 Å². The fourth-order valence-electron chi connectivity index (χ4n) is 2.94. The molecule has 1 N–H and O–H groups in total. The van der Waals surface area contributed by atoms with Crippen LogP contribution in [0.3, 0.4) is 0 Å². The second-order valence-electron chi connectivity index (χ2n) is 6.22. The highest BCUT2D eigenvalue weighted by Crippen LogP contribution is 2.24. The lowest BCUT2D eigenvalue weighted by Gasteiger charge is -2.21. The standard InChI is InChI=1S/C18H25N5O2/c1-2-16-19-7-9-23(16)8-6-17(24)20-11-14-12-21-18(22-13-14)15-5-3-4-10-25-15/h7,9,12-13,15H,2-6,8,10-11H2,1H3,(H,20,24)/t15-/m1/s1. The molecule has 2 aromatic heterocycles. The van der Waals surface area contributed by atoms with Gasteiger partial charge in [-0.2, -0.15) is 0 Å². The molecule has 7 nitrogen and oxygen atoms in total. The fraction of sp³-hybridized carbons (Fsp3) is 0.556. The Hall–Kier alpha value is -2.28. The minimum Gasteiger partial charge on any atom is -0.370 e. The van der Waals surface area contributed by atoms with Crippen molar-refractivity contribution in [3.63, 3.8) is 0 Å². The summed E-state index contributed by atoms with van der Waals surface area (Å²) < 4.78 is 7.70. The molecule has 0 radical (unpaired) electrons. The van der Waals surface area contributed by atoms with Crippen molar-refractivity contribution in [3.8, 4) is 0 Å². The maximum Gasteiger partial charge on any atom is 0.222 e. The zero-order valence-corrected chi connectivity index (χ0v) is 14.6. The second-order valence-corrected chi connectivity index (χ2v) is 6.22. The summed E-state index contributed by atoms with van der Waals surface area (Å²) in [5, 5.41) is 2.91. The Morgan fingerprint density at radius 2 is 2.16 bits per heavy atom. The van der Waals surface area contributed by atoms with Crippen LogP contribution in [0.2, 0.25) is 0 Å². The van der Waals surface area contributed by atoms with Gasteiger partial charge in [-0.1, -0.05) is 6.92 Å². The summed E-state index contributed by atoms with van der Waals surface area (Å²) in [5.74, 6) is 1.75. The minimum absolute atomic E-state index is 0.00967. The Morgan fingerprint density at radius 3 is 2.88 bits per heavy atom. The average Bonchev–Trinajstić information content (AvgIpc) is 3.13. The van der Waals surface area contributed by atoms with Gasteiger partial charge in [0.1, 0.15) is 11.9 Å². The van der Waals surface area contributed by atoms with Crippen LogP contribution in [0.15, 0.2) is 24.8 Å². The molecule has 0 bridgehead atoms. The van der Waals surface area contributed by atoms with Gasteiger partial charge in [-0.05, 0) is 19.3 Å². The lowest BCUT2D eigenvalue weighted by molar-refractivity contribution is -0.121. The molecule has 1 amide bonds. The Balaban J connectivity index is 1.44. The Kier molecular flexibility index (Phi) is 6.11. The molecule has 3 rings (SSSR count). The van der Waals surface area contributed by atoms with E-state index in [4.69, 9.17) is 4.74 Å². The lowest BCUT2D eigenvalue weighted by Crippen LogP contribution is -2.24. The van der Waals surface area contributed by atoms with Crippen LogP contribution < -0.4 is 5.32 Å². The number of hydrogen-bond donors (Lipinski definition) is 1. The van der Waals surface area contributed by atoms with Crippen LogP contribution in [0.25, 0.3) is 0 Å². The van der Waals surface area contributed by atoms with Crippen molar-refractivity contribution in [1.82, 2.24) is 24.8 Å². The van der Waals surface area contributed by atoms with Crippen molar-refractivity contribution in [1.29, 1.82) is 0 Å². The predicted molar refractivity (Wildman–Crippen MR) is 92.6 cm³/mol. The van der Waals surface area contributed by atoms with E-state index in [0.29, 0.717) is 19.5 Å². The highest BCUT2D eigenvalue weighted by molar-refractivity contribution is 5.75. The fourth-order valence-corrected chi connectivity index (χ4v) is 2.94. The second kappa shape index (κ2) is 8.71. The number of carbonyl (C=O) groups is 1. The van der Waals surface area contributed by atoms with Gasteiger partial charge >= 0.3 is 0 Å². The first-order valence-electron chi connectivity index (χ1n) is 8.95. The van der Waals surface area contributed by atoms with Gasteiger partial charge < -0.3 is 14.6 Å². The van der Waals surface area contributed by atoms with Gasteiger partial charge in [-0.25, -0.2) is 15.0 Å². The van der Waals surface area contributed by atoms with E-state index < -0.39 is 0 Å². The largest absolute Gasteiger partial charge is 0.370 e. The van der Waals surface area contributed by atoms with Gasteiger partial charge in [0.15, 0.2) is 5.82 Å². The number of aryl methyl sites for hydroxylation is 2. The summed E-state index contributed by atoms with van der Waals surface area (Å²) in [6.45, 7) is 3.92. The summed E-state index contributed by atoms with van der Waals surface area (Å²) in [5.41, 5.74) is 0.893. The predicted octanol–water partition coefficient (Wildman–Crippen LogP) is 2.18. The smallest absolute Gasteiger partial charge is 0.222 e. The molecule has 1 fully saturated rings. The third kappa shape index (κ3) is 4.85. The molecule has 1 saturated heterocycles. The van der Waals surface area contributed by atoms with E-state index in [0.717, 1.165) is 49.5 Å². The van der Waals surface area contributed by atoms with Crippen molar-refractivity contribution in [2.75, 3.05) is 6.61 Å². The number of aromatic nitrogens is 4. The molecule has 7 heteroatoms. The number of carbonyl (C=O) groups excluding carboxylic acids is 1. The third-order valence-corrected chi connectivity index (χ3v) is 4.38. The highest BCUT2D eigenvalue weighted by atomic mass is 16.5. The summed E-state index contributed by atoms with van der Waals surface area (Å²) in [6.07, 6.45) is 11.8. The molecular weight excluding hydrogens is 318 g/mol. The van der Waals surface area contributed by atoms with Crippen LogP contribution in [0.1, 0.15) is 55.9 Å². The molecule has 0 saturated carbocycles. The number of hydrogen-bond acceptors (Lipinski definition) is 5. The number of ether oxygens (including phenoxy) is 1. The zero-order valence-electron chi connectivity index (χ0n) is 14.6. The van der Waals surface area contributed by atoms with Crippen molar-refractivity contribution in [2.24, 2.45) is 0 Å². The topological polar surface area (TPSA) is 81.9 Å². The van der Waals surface area contributed by atoms with E-state index in [1.54, 1.807) is 18.6 Å². The normalized spacial score (nSPS) is 17.4. The Labute approximate surface area is 147 Å². The van der Waals surface area contributed by atoms with Crippen LogP contribution >= 0.6 is 0 Å². The molecule has 0 aliphatic carbocycles. The van der Waals surface area contributed by atoms with E-state index in [9.17, 15) is 4.79 Å². The average molecular weight is 343 g/mol. The minimum atomic E-state index is 0.00967. The molecule has 3 heterocycles. The van der Waals surface area contributed by atoms with E-state index in [-0.39, 0.29) is 12.0 Å². The van der Waals surface area contributed by atoms with Crippen molar-refractivity contribution >= 4 is 5.91 Å². The molecule has 0 unspecified atom stereocenters. The monoisotopic (exact) mass is 343 g/mol. The molecule has 1 aliphatic rings. The van der Waals surface area contributed by atoms with Crippen LogP contribution in [0.4, 0.5) is 0 Å². The molecule has 0 aromatic carbocycles. The van der Waals surface area contributed by atoms with Gasteiger partial charge in [0.25, 0.3) is 0 Å². The van der Waals surface area contributed by atoms with Crippen LogP contribution in [-0.4, -0.2) is 32.0 Å². The van der Waals surface area contributed by atoms with Gasteiger partial charge in [0, 0.05) is 62.9 Å². The number of nitrogens with zero attached hydrogens (tertiary/aromatic N) is 4. The molecule has 25 heavy (non-hydrogen) atoms. The first-order chi connectivity index (χ1) is 12.3. The van der Waals surface area contributed by atoms with Crippen molar-refractivity contribution < 1.29 is 9.53 Å². The van der Waals surface area contributed by atoms with Crippen LogP contribution in [0.5, 0.6) is 0 Å². The maximum atomic E-state index is 12.0. The summed E-state index contributed by atoms with van der Waals surface area (Å²) >= 11 is 0. The molecular formula is C18H25N5O2. The van der Waals surface area contributed by atoms with Crippen molar-refractivity contribution in [3.05, 3.63) is 42.0 Å². The van der Waals surface area contributed by atoms with Gasteiger partial charge in [0.2, 0.25) is 5.91 Å². The quantitative estimate of drug-likeness (QED) is 0.833. The maximum absolute atomic E-state index is 12.0. The summed E-state index contributed by atoms with van der Waals surface area (Å²) in [6, 6.07) is 0. The highest BCUT2D eigenvalue weighted by Gasteiger charge is 2.18. The molecule has 2 aromatic rings. The van der Waals surface area contributed by atoms with Crippen molar-refractivity contribution in [2.45, 2.75) is 58.2 Å². The molecule has 1 aliphatic heterocycles. The van der Waals surface area contributed by atoms with Gasteiger partial charge in [-0.3, -0.25) is 4.79 Å². The number of imidazole rings is 1. The molecule has 0 spiro atoms. The van der Waals surface area contributed by atoms with E-state index in [1.165, 1.54) is 0 Å². The molecule has 1 atom stereocenters. The first kappa shape index (κ1) is 17.5. The van der Waals surface area contributed by atoms with E-state index >= 15 is 0 Å². The van der Waals surface area contributed by atoms with Crippen LogP contribution in [-0.2, 0) is 29.0 Å². The number of nitrogens with one attached hydrogen (secondary N) is 1. The lowest BCUT2D eigenvalue weighted by atomic mass is 10.1. The SMILES string of the molecule is CCc1nccn1CCC(=O)NCc1cnc([C@H]2CCCCO2)nc1. The molecule has 134 valence electrons. The summed E-state index contributed by atoms with van der Waals surface area (Å²) in [4.78, 5) is 25.1. The Morgan fingerprint density at radius 1 is 1.32 bits per heavy atom.